The van der Waals surface area contributed by atoms with Crippen molar-refractivity contribution in [2.45, 2.75) is 6.42 Å². The Morgan fingerprint density at radius 3 is 2.44 bits per heavy atom. The summed E-state index contributed by atoms with van der Waals surface area (Å²) in [7, 11) is 0. The minimum absolute atomic E-state index is 0. The summed E-state index contributed by atoms with van der Waals surface area (Å²) in [5.41, 5.74) is 7.51. The van der Waals surface area contributed by atoms with Gasteiger partial charge < -0.3 is 0 Å². The van der Waals surface area contributed by atoms with Crippen LogP contribution in [0.1, 0.15) is 11.1 Å². The Kier molecular flexibility index (Phi) is 4.13. The molecular weight excluding hydrogens is 360 g/mol. The molecule has 4 aromatic rings. The number of halogens is 1. The van der Waals surface area contributed by atoms with Crippen LogP contribution in [0.25, 0.3) is 33.3 Å². The molecule has 1 aliphatic carbocycles. The van der Waals surface area contributed by atoms with Gasteiger partial charge in [-0.3, -0.25) is 10.1 Å². The predicted octanol–water partition coefficient (Wildman–Crippen LogP) is 5.80. The molecule has 5 rings (SSSR count). The molecule has 0 N–H and O–H groups in total. The fraction of sp³-hybridized carbons (Fsp3) is 0.0455. The number of rotatable bonds is 2. The summed E-state index contributed by atoms with van der Waals surface area (Å²) in [6, 6.07) is 23.3. The molecule has 27 heavy (non-hydrogen) atoms. The summed E-state index contributed by atoms with van der Waals surface area (Å²) in [5, 5.41) is 12.1. The van der Waals surface area contributed by atoms with Gasteiger partial charge in [0.05, 0.1) is 16.1 Å². The molecule has 1 heterocycles. The van der Waals surface area contributed by atoms with E-state index in [1.807, 2.05) is 30.3 Å². The van der Waals surface area contributed by atoms with Crippen LogP contribution in [0.15, 0.2) is 72.8 Å². The Labute approximate surface area is 162 Å². The highest BCUT2D eigenvalue weighted by Crippen LogP contribution is 2.44. The molecule has 0 saturated carbocycles. The Balaban J connectivity index is 0.00000180. The number of hydrogen-bond donors (Lipinski definition) is 0. The normalized spacial score (nSPS) is 11.6. The number of nitro benzene ring substituents is 1. The highest BCUT2D eigenvalue weighted by atomic mass is 35.5. The first-order chi connectivity index (χ1) is 12.7. The summed E-state index contributed by atoms with van der Waals surface area (Å²) in [5.74, 6) is 0. The monoisotopic (exact) mass is 374 g/mol. The van der Waals surface area contributed by atoms with Crippen molar-refractivity contribution < 1.29 is 4.92 Å². The van der Waals surface area contributed by atoms with E-state index in [-0.39, 0.29) is 23.0 Å². The van der Waals surface area contributed by atoms with Crippen LogP contribution >= 0.6 is 12.4 Å². The van der Waals surface area contributed by atoms with Crippen LogP contribution in [-0.4, -0.2) is 9.91 Å². The first kappa shape index (κ1) is 17.2. The van der Waals surface area contributed by atoms with Crippen LogP contribution in [0.5, 0.6) is 0 Å². The van der Waals surface area contributed by atoms with Crippen LogP contribution in [0.3, 0.4) is 0 Å². The van der Waals surface area contributed by atoms with Gasteiger partial charge in [-0.15, -0.1) is 12.4 Å². The standard InChI is InChI=1S/C22H14N2O2.ClH/c25-24(26)16-10-11-20-18(13-16)21(14-6-2-1-3-7-14)19-12-15-8-4-5-9-17(15)22(19)23-20;/h1-11,13H,12H2;1H. The molecule has 1 aliphatic rings. The number of aromatic nitrogens is 1. The van der Waals surface area contributed by atoms with Crippen molar-refractivity contribution in [1.29, 1.82) is 0 Å². The zero-order valence-electron chi connectivity index (χ0n) is 14.3. The maximum atomic E-state index is 11.3. The maximum absolute atomic E-state index is 11.3. The van der Waals surface area contributed by atoms with Crippen molar-refractivity contribution in [3.63, 3.8) is 0 Å². The Bertz CT molecular complexity index is 1190. The SMILES string of the molecule is Cl.O=[N+]([O-])c1ccc2nc3c(c(-c4ccccc4)c2c1)Cc1ccccc1-3. The van der Waals surface area contributed by atoms with Crippen LogP contribution in [0.2, 0.25) is 0 Å². The van der Waals surface area contributed by atoms with Gasteiger partial charge in [0.25, 0.3) is 5.69 Å². The minimum atomic E-state index is -0.351. The topological polar surface area (TPSA) is 56.0 Å². The molecule has 0 spiro atoms. The first-order valence-electron chi connectivity index (χ1n) is 8.47. The van der Waals surface area contributed by atoms with E-state index in [0.29, 0.717) is 0 Å². The summed E-state index contributed by atoms with van der Waals surface area (Å²) in [6.07, 6.45) is 0.793. The summed E-state index contributed by atoms with van der Waals surface area (Å²) >= 11 is 0. The first-order valence-corrected chi connectivity index (χ1v) is 8.47. The molecular formula is C22H15ClN2O2. The van der Waals surface area contributed by atoms with Gasteiger partial charge in [0.2, 0.25) is 0 Å². The second kappa shape index (κ2) is 6.49. The number of benzene rings is 3. The van der Waals surface area contributed by atoms with Crippen molar-refractivity contribution in [3.8, 4) is 22.4 Å². The minimum Gasteiger partial charge on any atom is -0.258 e. The number of hydrogen-bond acceptors (Lipinski definition) is 3. The number of pyridine rings is 1. The average molecular weight is 375 g/mol. The molecule has 0 amide bonds. The third-order valence-corrected chi connectivity index (χ3v) is 4.98. The van der Waals surface area contributed by atoms with Gasteiger partial charge in [0.15, 0.2) is 0 Å². The quantitative estimate of drug-likeness (QED) is 0.289. The number of fused-ring (bicyclic) bond motifs is 4. The lowest BCUT2D eigenvalue weighted by molar-refractivity contribution is -0.384. The van der Waals surface area contributed by atoms with Crippen LogP contribution in [0, 0.1) is 10.1 Å². The lowest BCUT2D eigenvalue weighted by Gasteiger charge is -2.13. The smallest absolute Gasteiger partial charge is 0.258 e. The van der Waals surface area contributed by atoms with Crippen LogP contribution in [-0.2, 0) is 6.42 Å². The number of nitro groups is 1. The van der Waals surface area contributed by atoms with Crippen LogP contribution < -0.4 is 0 Å². The largest absolute Gasteiger partial charge is 0.270 e. The summed E-state index contributed by atoms with van der Waals surface area (Å²) in [6.45, 7) is 0. The van der Waals surface area contributed by atoms with Gasteiger partial charge in [-0.25, -0.2) is 4.98 Å². The van der Waals surface area contributed by atoms with E-state index in [2.05, 4.69) is 24.3 Å². The number of non-ortho nitro benzene ring substituents is 1. The summed E-state index contributed by atoms with van der Waals surface area (Å²) < 4.78 is 0. The molecule has 0 fully saturated rings. The lowest BCUT2D eigenvalue weighted by Crippen LogP contribution is -1.95. The van der Waals surface area contributed by atoms with Crippen molar-refractivity contribution in [2.75, 3.05) is 0 Å². The molecule has 3 aromatic carbocycles. The predicted molar refractivity (Wildman–Crippen MR) is 109 cm³/mol. The highest BCUT2D eigenvalue weighted by Gasteiger charge is 2.25. The van der Waals surface area contributed by atoms with Gasteiger partial charge in [0.1, 0.15) is 0 Å². The van der Waals surface area contributed by atoms with E-state index in [4.69, 9.17) is 4.98 Å². The van der Waals surface area contributed by atoms with Crippen molar-refractivity contribution in [1.82, 2.24) is 4.98 Å². The average Bonchev–Trinajstić information content (AvgIpc) is 3.04. The van der Waals surface area contributed by atoms with Crippen LogP contribution in [0.4, 0.5) is 5.69 Å². The fourth-order valence-electron chi connectivity index (χ4n) is 3.83. The third kappa shape index (κ3) is 2.66. The zero-order valence-corrected chi connectivity index (χ0v) is 15.1. The second-order valence-electron chi connectivity index (χ2n) is 6.47. The third-order valence-electron chi connectivity index (χ3n) is 4.98. The Morgan fingerprint density at radius 2 is 1.67 bits per heavy atom. The van der Waals surface area contributed by atoms with E-state index in [0.717, 1.165) is 45.3 Å². The molecule has 4 nitrogen and oxygen atoms in total. The molecule has 0 saturated heterocycles. The van der Waals surface area contributed by atoms with Crippen molar-refractivity contribution in [2.24, 2.45) is 0 Å². The second-order valence-corrected chi connectivity index (χ2v) is 6.47. The van der Waals surface area contributed by atoms with E-state index in [1.165, 1.54) is 11.6 Å². The molecule has 1 aromatic heterocycles. The van der Waals surface area contributed by atoms with Gasteiger partial charge >= 0.3 is 0 Å². The van der Waals surface area contributed by atoms with Crippen molar-refractivity contribution in [3.05, 3.63) is 94.0 Å². The lowest BCUT2D eigenvalue weighted by atomic mass is 9.94. The van der Waals surface area contributed by atoms with Gasteiger partial charge in [-0.1, -0.05) is 54.6 Å². The highest BCUT2D eigenvalue weighted by molar-refractivity contribution is 6.01. The number of nitrogens with zero attached hydrogens (tertiary/aromatic N) is 2. The molecule has 0 bridgehead atoms. The Morgan fingerprint density at radius 1 is 0.926 bits per heavy atom. The molecule has 0 unspecified atom stereocenters. The van der Waals surface area contributed by atoms with Gasteiger partial charge in [-0.05, 0) is 28.3 Å². The molecule has 0 atom stereocenters. The van der Waals surface area contributed by atoms with Gasteiger partial charge in [-0.2, -0.15) is 0 Å². The van der Waals surface area contributed by atoms with E-state index in [1.54, 1.807) is 12.1 Å². The van der Waals surface area contributed by atoms with Gasteiger partial charge in [0, 0.05) is 29.5 Å². The molecule has 0 radical (unpaired) electrons. The Hall–Kier alpha value is -3.24. The van der Waals surface area contributed by atoms with Crippen molar-refractivity contribution >= 4 is 29.0 Å². The van der Waals surface area contributed by atoms with E-state index >= 15 is 0 Å². The molecule has 5 heteroatoms. The summed E-state index contributed by atoms with van der Waals surface area (Å²) in [4.78, 5) is 15.8. The maximum Gasteiger partial charge on any atom is 0.270 e. The van der Waals surface area contributed by atoms with E-state index < -0.39 is 0 Å². The zero-order chi connectivity index (χ0) is 17.7. The molecule has 132 valence electrons. The molecule has 0 aliphatic heterocycles. The fourth-order valence-corrected chi connectivity index (χ4v) is 3.83. The van der Waals surface area contributed by atoms with E-state index in [9.17, 15) is 10.1 Å².